The van der Waals surface area contributed by atoms with Gasteiger partial charge in [-0.2, -0.15) is 0 Å². The fourth-order valence-corrected chi connectivity index (χ4v) is 2.11. The van der Waals surface area contributed by atoms with Crippen LogP contribution in [0.2, 0.25) is 0 Å². The fraction of sp³-hybridized carbons (Fsp3) is 0.222. The van der Waals surface area contributed by atoms with Crippen molar-refractivity contribution in [3.05, 3.63) is 54.4 Å². The van der Waals surface area contributed by atoms with Gasteiger partial charge in [-0.15, -0.1) is 0 Å². The van der Waals surface area contributed by atoms with Crippen molar-refractivity contribution < 1.29 is 19.0 Å². The predicted octanol–water partition coefficient (Wildman–Crippen LogP) is 4.82. The molecule has 0 heterocycles. The van der Waals surface area contributed by atoms with Gasteiger partial charge < -0.3 is 14.6 Å². The van der Waals surface area contributed by atoms with Gasteiger partial charge in [-0.1, -0.05) is 25.6 Å². The summed E-state index contributed by atoms with van der Waals surface area (Å²) in [5.74, 6) is 0.455. The number of methoxy groups -OCH3 is 1. The Labute approximate surface area is 129 Å². The topological polar surface area (TPSA) is 38.7 Å². The molecule has 116 valence electrons. The van der Waals surface area contributed by atoms with Crippen LogP contribution in [0.15, 0.2) is 43.0 Å². The van der Waals surface area contributed by atoms with Gasteiger partial charge in [0.25, 0.3) is 0 Å². The number of halogens is 1. The van der Waals surface area contributed by atoms with E-state index in [1.165, 1.54) is 12.1 Å². The van der Waals surface area contributed by atoms with Crippen LogP contribution in [0.1, 0.15) is 18.9 Å². The maximum absolute atomic E-state index is 13.9. The fourth-order valence-electron chi connectivity index (χ4n) is 2.11. The lowest BCUT2D eigenvalue weighted by atomic mass is 10.0. The molecule has 0 fully saturated rings. The van der Waals surface area contributed by atoms with Gasteiger partial charge in [-0.05, 0) is 41.8 Å². The van der Waals surface area contributed by atoms with Crippen molar-refractivity contribution in [2.24, 2.45) is 0 Å². The summed E-state index contributed by atoms with van der Waals surface area (Å²) in [5.41, 5.74) is 1.58. The molecule has 2 rings (SSSR count). The summed E-state index contributed by atoms with van der Waals surface area (Å²) in [6.45, 7) is 5.97. The molecule has 0 atom stereocenters. The van der Waals surface area contributed by atoms with Crippen LogP contribution in [0.4, 0.5) is 4.39 Å². The van der Waals surface area contributed by atoms with E-state index in [2.05, 4.69) is 6.58 Å². The minimum Gasteiger partial charge on any atom is -0.508 e. The van der Waals surface area contributed by atoms with Crippen molar-refractivity contribution in [1.29, 1.82) is 0 Å². The summed E-state index contributed by atoms with van der Waals surface area (Å²) in [6, 6.07) is 10.0. The number of aliphatic hydroxyl groups is 1. The third kappa shape index (κ3) is 3.39. The van der Waals surface area contributed by atoms with Crippen molar-refractivity contribution in [2.75, 3.05) is 13.7 Å². The molecule has 4 heteroatoms. The van der Waals surface area contributed by atoms with Crippen molar-refractivity contribution in [3.63, 3.8) is 0 Å². The number of hydrogen-bond acceptors (Lipinski definition) is 3. The lowest BCUT2D eigenvalue weighted by Gasteiger charge is -2.12. The second kappa shape index (κ2) is 6.98. The van der Waals surface area contributed by atoms with E-state index in [9.17, 15) is 9.50 Å². The molecule has 0 aliphatic rings. The van der Waals surface area contributed by atoms with Gasteiger partial charge in [0, 0.05) is 0 Å². The third-order valence-electron chi connectivity index (χ3n) is 3.24. The van der Waals surface area contributed by atoms with Crippen LogP contribution in [0.3, 0.4) is 0 Å². The van der Waals surface area contributed by atoms with E-state index < -0.39 is 5.82 Å². The zero-order valence-corrected chi connectivity index (χ0v) is 12.7. The van der Waals surface area contributed by atoms with Gasteiger partial charge in [0.05, 0.1) is 19.3 Å². The molecule has 0 amide bonds. The molecule has 0 unspecified atom stereocenters. The summed E-state index contributed by atoms with van der Waals surface area (Å²) in [4.78, 5) is 0. The Bertz CT molecular complexity index is 680. The molecule has 0 aliphatic heterocycles. The lowest BCUT2D eigenvalue weighted by molar-refractivity contribution is 0.294. The van der Waals surface area contributed by atoms with E-state index in [1.54, 1.807) is 25.3 Å². The molecule has 0 aliphatic carbocycles. The monoisotopic (exact) mass is 302 g/mol. The first-order valence-corrected chi connectivity index (χ1v) is 7.05. The predicted molar refractivity (Wildman–Crippen MR) is 85.8 cm³/mol. The van der Waals surface area contributed by atoms with Gasteiger partial charge in [0.2, 0.25) is 0 Å². The zero-order valence-electron chi connectivity index (χ0n) is 12.7. The van der Waals surface area contributed by atoms with E-state index in [-0.39, 0.29) is 11.3 Å². The SMILES string of the molecule is C=C(O)c1ccc(-c2ccc(OCCC)c(OC)c2)cc1F. The molecule has 0 saturated heterocycles. The molecule has 0 saturated carbocycles. The molecule has 22 heavy (non-hydrogen) atoms. The van der Waals surface area contributed by atoms with Gasteiger partial charge in [0.1, 0.15) is 11.6 Å². The van der Waals surface area contributed by atoms with Crippen molar-refractivity contribution >= 4 is 5.76 Å². The highest BCUT2D eigenvalue weighted by molar-refractivity contribution is 5.70. The number of benzene rings is 2. The summed E-state index contributed by atoms with van der Waals surface area (Å²) in [5, 5.41) is 9.30. The Morgan fingerprint density at radius 3 is 2.41 bits per heavy atom. The maximum atomic E-state index is 13.9. The van der Waals surface area contributed by atoms with E-state index in [0.717, 1.165) is 12.0 Å². The van der Waals surface area contributed by atoms with Crippen molar-refractivity contribution in [1.82, 2.24) is 0 Å². The van der Waals surface area contributed by atoms with Crippen LogP contribution in [-0.4, -0.2) is 18.8 Å². The van der Waals surface area contributed by atoms with E-state index >= 15 is 0 Å². The average molecular weight is 302 g/mol. The highest BCUT2D eigenvalue weighted by atomic mass is 19.1. The molecule has 0 bridgehead atoms. The van der Waals surface area contributed by atoms with Gasteiger partial charge in [-0.3, -0.25) is 0 Å². The molecule has 2 aromatic rings. The van der Waals surface area contributed by atoms with Crippen LogP contribution in [-0.2, 0) is 0 Å². The maximum Gasteiger partial charge on any atom is 0.161 e. The van der Waals surface area contributed by atoms with E-state index in [4.69, 9.17) is 9.47 Å². The van der Waals surface area contributed by atoms with Crippen LogP contribution in [0.25, 0.3) is 16.9 Å². The van der Waals surface area contributed by atoms with Gasteiger partial charge in [0.15, 0.2) is 11.5 Å². The van der Waals surface area contributed by atoms with Crippen molar-refractivity contribution in [3.8, 4) is 22.6 Å². The lowest BCUT2D eigenvalue weighted by Crippen LogP contribution is -1.98. The quantitative estimate of drug-likeness (QED) is 0.778. The Hall–Kier alpha value is -2.49. The molecule has 0 radical (unpaired) electrons. The minimum absolute atomic E-state index is 0.0959. The molecule has 1 N–H and O–H groups in total. The Morgan fingerprint density at radius 2 is 1.82 bits per heavy atom. The molecule has 3 nitrogen and oxygen atoms in total. The average Bonchev–Trinajstić information content (AvgIpc) is 2.52. The van der Waals surface area contributed by atoms with Crippen molar-refractivity contribution in [2.45, 2.75) is 13.3 Å². The Morgan fingerprint density at radius 1 is 1.14 bits per heavy atom. The molecule has 0 aromatic heterocycles. The second-order valence-electron chi connectivity index (χ2n) is 4.86. The summed E-state index contributed by atoms with van der Waals surface area (Å²) in [6.07, 6.45) is 0.905. The van der Waals surface area contributed by atoms with Crippen LogP contribution >= 0.6 is 0 Å². The summed E-state index contributed by atoms with van der Waals surface area (Å²) in [7, 11) is 1.57. The van der Waals surface area contributed by atoms with Crippen LogP contribution in [0.5, 0.6) is 11.5 Å². The minimum atomic E-state index is -0.518. The second-order valence-corrected chi connectivity index (χ2v) is 4.86. The summed E-state index contributed by atoms with van der Waals surface area (Å²) >= 11 is 0. The molecule has 2 aromatic carbocycles. The molecular formula is C18H19FO3. The number of rotatable bonds is 6. The summed E-state index contributed by atoms with van der Waals surface area (Å²) < 4.78 is 24.9. The van der Waals surface area contributed by atoms with Gasteiger partial charge in [-0.25, -0.2) is 4.39 Å². The standard InChI is InChI=1S/C18H19FO3/c1-4-9-22-17-8-6-14(11-18(17)21-3)13-5-7-15(12(2)20)16(19)10-13/h5-8,10-11,20H,2,4,9H2,1,3H3. The normalized spacial score (nSPS) is 10.3. The number of aliphatic hydroxyl groups excluding tert-OH is 1. The Balaban J connectivity index is 2.36. The highest BCUT2D eigenvalue weighted by Gasteiger charge is 2.10. The smallest absolute Gasteiger partial charge is 0.161 e. The van der Waals surface area contributed by atoms with Crippen LogP contribution < -0.4 is 9.47 Å². The Kier molecular flexibility index (Phi) is 5.04. The highest BCUT2D eigenvalue weighted by Crippen LogP contribution is 2.33. The van der Waals surface area contributed by atoms with E-state index in [0.29, 0.717) is 23.7 Å². The van der Waals surface area contributed by atoms with Crippen LogP contribution in [0, 0.1) is 5.82 Å². The molecular weight excluding hydrogens is 283 g/mol. The zero-order chi connectivity index (χ0) is 16.1. The van der Waals surface area contributed by atoms with Gasteiger partial charge >= 0.3 is 0 Å². The number of hydrogen-bond donors (Lipinski definition) is 1. The first-order chi connectivity index (χ1) is 10.6. The first kappa shape index (κ1) is 15.9. The largest absolute Gasteiger partial charge is 0.508 e. The number of ether oxygens (including phenoxy) is 2. The molecule has 0 spiro atoms. The van der Waals surface area contributed by atoms with E-state index in [1.807, 2.05) is 13.0 Å². The third-order valence-corrected chi connectivity index (χ3v) is 3.24. The first-order valence-electron chi connectivity index (χ1n) is 7.05.